The van der Waals surface area contributed by atoms with Crippen LogP contribution < -0.4 is 4.74 Å². The fraction of sp³-hybridized carbons (Fsp3) is 0.462. The van der Waals surface area contributed by atoms with E-state index >= 15 is 0 Å². The summed E-state index contributed by atoms with van der Waals surface area (Å²) >= 11 is 0. The fourth-order valence-electron chi connectivity index (χ4n) is 1.44. The van der Waals surface area contributed by atoms with Gasteiger partial charge < -0.3 is 9.84 Å². The second kappa shape index (κ2) is 6.16. The van der Waals surface area contributed by atoms with Crippen molar-refractivity contribution < 1.29 is 14.6 Å². The lowest BCUT2D eigenvalue weighted by Gasteiger charge is -2.10. The Balaban J connectivity index is 2.32. The Labute approximate surface area is 96.1 Å². The lowest BCUT2D eigenvalue weighted by Crippen LogP contribution is -2.01. The maximum atomic E-state index is 10.3. The summed E-state index contributed by atoms with van der Waals surface area (Å²) in [6.07, 6.45) is 1.66. The van der Waals surface area contributed by atoms with Gasteiger partial charge in [0.1, 0.15) is 5.75 Å². The van der Waals surface area contributed by atoms with Crippen LogP contribution in [0.1, 0.15) is 30.4 Å². The lowest BCUT2D eigenvalue weighted by molar-refractivity contribution is -0.137. The first-order valence-electron chi connectivity index (χ1n) is 5.52. The molecule has 0 aliphatic heterocycles. The van der Waals surface area contributed by atoms with E-state index in [4.69, 9.17) is 9.84 Å². The molecule has 0 fully saturated rings. The number of ether oxygens (including phenoxy) is 1. The summed E-state index contributed by atoms with van der Waals surface area (Å²) in [5.74, 6) is 0.155. The van der Waals surface area contributed by atoms with Crippen molar-refractivity contribution in [1.82, 2.24) is 0 Å². The molecule has 1 rings (SSSR count). The van der Waals surface area contributed by atoms with Crippen molar-refractivity contribution in [2.75, 3.05) is 6.61 Å². The van der Waals surface area contributed by atoms with Gasteiger partial charge in [0, 0.05) is 6.42 Å². The van der Waals surface area contributed by atoms with Crippen LogP contribution in [0, 0.1) is 13.8 Å². The van der Waals surface area contributed by atoms with E-state index in [-0.39, 0.29) is 6.42 Å². The van der Waals surface area contributed by atoms with Gasteiger partial charge in [-0.15, -0.1) is 0 Å². The zero-order valence-electron chi connectivity index (χ0n) is 9.82. The Morgan fingerprint density at radius 2 is 2.06 bits per heavy atom. The average Bonchev–Trinajstić information content (AvgIpc) is 2.23. The van der Waals surface area contributed by atoms with Gasteiger partial charge in [-0.3, -0.25) is 4.79 Å². The van der Waals surface area contributed by atoms with Crippen molar-refractivity contribution in [3.8, 4) is 5.75 Å². The molecule has 0 saturated heterocycles. The second-order valence-electron chi connectivity index (χ2n) is 3.90. The van der Waals surface area contributed by atoms with E-state index < -0.39 is 5.97 Å². The van der Waals surface area contributed by atoms with Crippen LogP contribution in [0.4, 0.5) is 0 Å². The van der Waals surface area contributed by atoms with Gasteiger partial charge in [-0.25, -0.2) is 0 Å². The maximum absolute atomic E-state index is 10.3. The van der Waals surface area contributed by atoms with E-state index in [1.807, 2.05) is 32.0 Å². The van der Waals surface area contributed by atoms with E-state index in [9.17, 15) is 4.79 Å². The van der Waals surface area contributed by atoms with Crippen LogP contribution in [0.15, 0.2) is 18.2 Å². The highest BCUT2D eigenvalue weighted by molar-refractivity contribution is 5.66. The van der Waals surface area contributed by atoms with Gasteiger partial charge in [0.2, 0.25) is 0 Å². The Morgan fingerprint density at radius 1 is 1.31 bits per heavy atom. The normalized spacial score (nSPS) is 10.1. The summed E-state index contributed by atoms with van der Waals surface area (Å²) in [5.41, 5.74) is 2.36. The number of aryl methyl sites for hydroxylation is 1. The minimum Gasteiger partial charge on any atom is -0.493 e. The van der Waals surface area contributed by atoms with Crippen molar-refractivity contribution in [2.45, 2.75) is 33.1 Å². The predicted octanol–water partition coefficient (Wildman–Crippen LogP) is 2.94. The monoisotopic (exact) mass is 222 g/mol. The van der Waals surface area contributed by atoms with Gasteiger partial charge in [0.25, 0.3) is 0 Å². The molecular formula is C13H18O3. The molecular weight excluding hydrogens is 204 g/mol. The van der Waals surface area contributed by atoms with Crippen LogP contribution in [0.25, 0.3) is 0 Å². The summed E-state index contributed by atoms with van der Waals surface area (Å²) in [6.45, 7) is 4.66. The smallest absolute Gasteiger partial charge is 0.303 e. The number of carboxylic acids is 1. The highest BCUT2D eigenvalue weighted by atomic mass is 16.5. The molecule has 0 aromatic heterocycles. The largest absolute Gasteiger partial charge is 0.493 e. The minimum absolute atomic E-state index is 0.218. The van der Waals surface area contributed by atoms with Crippen molar-refractivity contribution in [3.63, 3.8) is 0 Å². The van der Waals surface area contributed by atoms with Crippen LogP contribution in [0.2, 0.25) is 0 Å². The molecule has 16 heavy (non-hydrogen) atoms. The quantitative estimate of drug-likeness (QED) is 0.753. The third-order valence-corrected chi connectivity index (χ3v) is 2.60. The topological polar surface area (TPSA) is 46.5 Å². The molecule has 3 nitrogen and oxygen atoms in total. The Morgan fingerprint density at radius 3 is 2.75 bits per heavy atom. The third kappa shape index (κ3) is 3.93. The number of carbonyl (C=O) groups is 1. The average molecular weight is 222 g/mol. The van der Waals surface area contributed by atoms with Gasteiger partial charge >= 0.3 is 5.97 Å². The van der Waals surface area contributed by atoms with Crippen molar-refractivity contribution in [2.24, 2.45) is 0 Å². The van der Waals surface area contributed by atoms with Gasteiger partial charge in [0.15, 0.2) is 0 Å². The number of rotatable bonds is 6. The number of hydrogen-bond acceptors (Lipinski definition) is 2. The lowest BCUT2D eigenvalue weighted by atomic mass is 10.1. The molecule has 0 radical (unpaired) electrons. The number of unbranched alkanes of at least 4 members (excludes halogenated alkanes) is 1. The third-order valence-electron chi connectivity index (χ3n) is 2.60. The zero-order valence-corrected chi connectivity index (χ0v) is 9.82. The molecule has 0 atom stereocenters. The first kappa shape index (κ1) is 12.6. The van der Waals surface area contributed by atoms with Crippen molar-refractivity contribution >= 4 is 5.97 Å². The minimum atomic E-state index is -0.744. The molecule has 0 unspecified atom stereocenters. The molecule has 0 heterocycles. The Kier molecular flexibility index (Phi) is 4.83. The summed E-state index contributed by atoms with van der Waals surface area (Å²) < 4.78 is 5.61. The number of carboxylic acid groups (broad SMARTS) is 1. The van der Waals surface area contributed by atoms with E-state index in [1.54, 1.807) is 0 Å². The highest BCUT2D eigenvalue weighted by Crippen LogP contribution is 2.20. The van der Waals surface area contributed by atoms with E-state index in [2.05, 4.69) is 0 Å². The van der Waals surface area contributed by atoms with Gasteiger partial charge in [-0.1, -0.05) is 12.1 Å². The van der Waals surface area contributed by atoms with Crippen LogP contribution in [-0.4, -0.2) is 17.7 Å². The molecule has 0 spiro atoms. The van der Waals surface area contributed by atoms with Crippen LogP contribution >= 0.6 is 0 Å². The van der Waals surface area contributed by atoms with Crippen LogP contribution in [0.3, 0.4) is 0 Å². The summed E-state index contributed by atoms with van der Waals surface area (Å²) in [6, 6.07) is 5.96. The predicted molar refractivity (Wildman–Crippen MR) is 62.9 cm³/mol. The van der Waals surface area contributed by atoms with E-state index in [0.717, 1.165) is 17.7 Å². The second-order valence-corrected chi connectivity index (χ2v) is 3.90. The summed E-state index contributed by atoms with van der Waals surface area (Å²) in [4.78, 5) is 10.3. The molecule has 0 aliphatic carbocycles. The van der Waals surface area contributed by atoms with Gasteiger partial charge in [-0.05, 0) is 43.9 Å². The van der Waals surface area contributed by atoms with Crippen molar-refractivity contribution in [3.05, 3.63) is 29.3 Å². The maximum Gasteiger partial charge on any atom is 0.303 e. The number of hydrogen-bond donors (Lipinski definition) is 1. The number of benzene rings is 1. The summed E-state index contributed by atoms with van der Waals surface area (Å²) in [7, 11) is 0. The fourth-order valence-corrected chi connectivity index (χ4v) is 1.44. The molecule has 88 valence electrons. The SMILES string of the molecule is Cc1cccc(OCCCCC(=O)O)c1C. The standard InChI is InChI=1S/C13H18O3/c1-10-6-5-7-12(11(10)2)16-9-4-3-8-13(14)15/h5-7H,3-4,8-9H2,1-2H3,(H,14,15). The number of aliphatic carboxylic acids is 1. The molecule has 1 aromatic rings. The van der Waals surface area contributed by atoms with Gasteiger partial charge in [0.05, 0.1) is 6.61 Å². The van der Waals surface area contributed by atoms with E-state index in [0.29, 0.717) is 13.0 Å². The Bertz CT molecular complexity index is 358. The molecule has 0 saturated carbocycles. The van der Waals surface area contributed by atoms with E-state index in [1.165, 1.54) is 5.56 Å². The summed E-state index contributed by atoms with van der Waals surface area (Å²) in [5, 5.41) is 8.47. The molecule has 1 N–H and O–H groups in total. The van der Waals surface area contributed by atoms with Crippen LogP contribution in [-0.2, 0) is 4.79 Å². The van der Waals surface area contributed by atoms with Gasteiger partial charge in [-0.2, -0.15) is 0 Å². The molecule has 0 bridgehead atoms. The first-order chi connectivity index (χ1) is 7.61. The molecule has 0 amide bonds. The molecule has 3 heteroatoms. The molecule has 0 aliphatic rings. The Hall–Kier alpha value is -1.51. The molecule has 1 aromatic carbocycles. The first-order valence-corrected chi connectivity index (χ1v) is 5.52. The zero-order chi connectivity index (χ0) is 12.0. The highest BCUT2D eigenvalue weighted by Gasteiger charge is 2.01. The van der Waals surface area contributed by atoms with Crippen molar-refractivity contribution in [1.29, 1.82) is 0 Å². The van der Waals surface area contributed by atoms with Crippen LogP contribution in [0.5, 0.6) is 5.75 Å².